The van der Waals surface area contributed by atoms with E-state index in [0.717, 1.165) is 33.1 Å². The maximum Gasteiger partial charge on any atom is 0.154 e. The molecule has 5 aromatic rings. The Morgan fingerprint density at radius 2 is 1.84 bits per heavy atom. The highest BCUT2D eigenvalue weighted by atomic mass is 19.1. The van der Waals surface area contributed by atoms with Gasteiger partial charge in [0.05, 0.1) is 17.4 Å². The fraction of sp³-hybridized carbons (Fsp3) is 0. The van der Waals surface area contributed by atoms with Gasteiger partial charge in [0.15, 0.2) is 5.65 Å². The number of H-pyrrole nitrogens is 1. The lowest BCUT2D eigenvalue weighted by molar-refractivity contribution is 0.469. The molecule has 3 aromatic heterocycles. The summed E-state index contributed by atoms with van der Waals surface area (Å²) < 4.78 is 14.5. The van der Waals surface area contributed by atoms with Crippen molar-refractivity contribution in [3.63, 3.8) is 0 Å². The zero-order chi connectivity index (χ0) is 17.0. The number of phenolic OH excluding ortho intramolecular Hbond substituents is 1. The molecular formula is C19H11FN4O. The molecule has 6 heteroatoms. The van der Waals surface area contributed by atoms with Gasteiger partial charge in [-0.3, -0.25) is 5.10 Å². The molecule has 0 spiro atoms. The van der Waals surface area contributed by atoms with Crippen LogP contribution in [0.1, 0.15) is 0 Å². The third-order valence-corrected chi connectivity index (χ3v) is 4.35. The van der Waals surface area contributed by atoms with Crippen molar-refractivity contribution in [3.8, 4) is 17.0 Å². The van der Waals surface area contributed by atoms with Crippen molar-refractivity contribution >= 4 is 32.7 Å². The van der Waals surface area contributed by atoms with Crippen LogP contribution in [0.5, 0.6) is 5.75 Å². The second-order valence-electron chi connectivity index (χ2n) is 5.82. The second kappa shape index (κ2) is 4.98. The van der Waals surface area contributed by atoms with Crippen molar-refractivity contribution < 1.29 is 9.50 Å². The molecule has 3 heterocycles. The summed E-state index contributed by atoms with van der Waals surface area (Å²) in [4.78, 5) is 9.08. The summed E-state index contributed by atoms with van der Waals surface area (Å²) in [7, 11) is 0. The van der Waals surface area contributed by atoms with E-state index >= 15 is 0 Å². The van der Waals surface area contributed by atoms with E-state index in [4.69, 9.17) is 4.98 Å². The molecule has 0 saturated carbocycles. The molecule has 2 aromatic carbocycles. The Hall–Kier alpha value is -3.54. The molecule has 0 unspecified atom stereocenters. The number of hydrogen-bond donors (Lipinski definition) is 2. The molecule has 25 heavy (non-hydrogen) atoms. The number of aromatic amines is 1. The number of nitrogens with one attached hydrogen (secondary N) is 1. The van der Waals surface area contributed by atoms with Crippen molar-refractivity contribution in [2.45, 2.75) is 0 Å². The van der Waals surface area contributed by atoms with Crippen molar-refractivity contribution in [1.29, 1.82) is 0 Å². The first-order valence-corrected chi connectivity index (χ1v) is 7.72. The Bertz CT molecular complexity index is 1280. The zero-order valence-electron chi connectivity index (χ0n) is 12.9. The second-order valence-corrected chi connectivity index (χ2v) is 5.82. The highest BCUT2D eigenvalue weighted by Crippen LogP contribution is 2.36. The Labute approximate surface area is 140 Å². The van der Waals surface area contributed by atoms with E-state index in [2.05, 4.69) is 15.2 Å². The minimum atomic E-state index is -0.535. The number of hydrogen-bond acceptors (Lipinski definition) is 4. The molecule has 5 nitrogen and oxygen atoms in total. The maximum absolute atomic E-state index is 14.5. The maximum atomic E-state index is 14.5. The monoisotopic (exact) mass is 330 g/mol. The molecule has 0 amide bonds. The van der Waals surface area contributed by atoms with Crippen LogP contribution in [0.15, 0.2) is 54.9 Å². The quantitative estimate of drug-likeness (QED) is 0.484. The summed E-state index contributed by atoms with van der Waals surface area (Å²) in [5.74, 6) is -0.661. The Morgan fingerprint density at radius 3 is 2.72 bits per heavy atom. The van der Waals surface area contributed by atoms with Crippen LogP contribution in [0.3, 0.4) is 0 Å². The highest BCUT2D eigenvalue weighted by molar-refractivity contribution is 6.19. The van der Waals surface area contributed by atoms with E-state index in [1.807, 2.05) is 24.3 Å². The predicted octanol–water partition coefficient (Wildman–Crippen LogP) is 4.17. The van der Waals surface area contributed by atoms with Gasteiger partial charge in [-0.15, -0.1) is 0 Å². The largest absolute Gasteiger partial charge is 0.508 e. The SMILES string of the molecule is Oc1ccc(-c2nc3ccccc3c3cn[nH]c4ncc2c43)c(F)c1. The fourth-order valence-corrected chi connectivity index (χ4v) is 3.23. The minimum Gasteiger partial charge on any atom is -0.508 e. The number of fused-ring (bicyclic) bond motifs is 2. The molecule has 2 N–H and O–H groups in total. The van der Waals surface area contributed by atoms with Gasteiger partial charge in [0.1, 0.15) is 11.6 Å². The topological polar surface area (TPSA) is 74.7 Å². The summed E-state index contributed by atoms with van der Waals surface area (Å²) >= 11 is 0. The van der Waals surface area contributed by atoms with E-state index in [0.29, 0.717) is 16.9 Å². The molecule has 0 fully saturated rings. The van der Waals surface area contributed by atoms with Crippen LogP contribution in [0.2, 0.25) is 0 Å². The number of halogens is 1. The van der Waals surface area contributed by atoms with E-state index in [1.165, 1.54) is 12.1 Å². The molecule has 0 radical (unpaired) electrons. The molecule has 0 bridgehead atoms. The number of phenols is 1. The van der Waals surface area contributed by atoms with Crippen LogP contribution < -0.4 is 0 Å². The van der Waals surface area contributed by atoms with Crippen molar-refractivity contribution in [3.05, 3.63) is 60.7 Å². The summed E-state index contributed by atoms with van der Waals surface area (Å²) in [5.41, 5.74) is 2.14. The number of para-hydroxylation sites is 1. The van der Waals surface area contributed by atoms with Gasteiger partial charge < -0.3 is 5.11 Å². The van der Waals surface area contributed by atoms with Gasteiger partial charge >= 0.3 is 0 Å². The van der Waals surface area contributed by atoms with Crippen LogP contribution in [-0.4, -0.2) is 25.3 Å². The van der Waals surface area contributed by atoms with E-state index in [1.54, 1.807) is 12.4 Å². The fourth-order valence-electron chi connectivity index (χ4n) is 3.23. The molecular weight excluding hydrogens is 319 g/mol. The van der Waals surface area contributed by atoms with E-state index in [9.17, 15) is 9.50 Å². The van der Waals surface area contributed by atoms with Crippen molar-refractivity contribution in [1.82, 2.24) is 20.2 Å². The molecule has 0 aliphatic carbocycles. The van der Waals surface area contributed by atoms with Crippen LogP contribution in [0.4, 0.5) is 4.39 Å². The number of aromatic nitrogens is 4. The average molecular weight is 330 g/mol. The van der Waals surface area contributed by atoms with Crippen LogP contribution in [-0.2, 0) is 0 Å². The van der Waals surface area contributed by atoms with Gasteiger partial charge in [-0.1, -0.05) is 18.2 Å². The third kappa shape index (κ3) is 1.97. The predicted molar refractivity (Wildman–Crippen MR) is 93.8 cm³/mol. The Kier molecular flexibility index (Phi) is 2.76. The highest BCUT2D eigenvalue weighted by Gasteiger charge is 2.16. The molecule has 5 rings (SSSR count). The summed E-state index contributed by atoms with van der Waals surface area (Å²) in [6.45, 7) is 0. The summed E-state index contributed by atoms with van der Waals surface area (Å²) in [6, 6.07) is 11.7. The first-order valence-electron chi connectivity index (χ1n) is 7.72. The van der Waals surface area contributed by atoms with Gasteiger partial charge in [0.25, 0.3) is 0 Å². The minimum absolute atomic E-state index is 0.125. The molecule has 0 saturated heterocycles. The zero-order valence-corrected chi connectivity index (χ0v) is 12.9. The number of benzene rings is 2. The number of rotatable bonds is 1. The van der Waals surface area contributed by atoms with Crippen molar-refractivity contribution in [2.75, 3.05) is 0 Å². The molecule has 0 aliphatic heterocycles. The average Bonchev–Trinajstić information content (AvgIpc) is 2.98. The molecule has 120 valence electrons. The van der Waals surface area contributed by atoms with Gasteiger partial charge in [0.2, 0.25) is 0 Å². The van der Waals surface area contributed by atoms with Gasteiger partial charge in [-0.2, -0.15) is 5.10 Å². The summed E-state index contributed by atoms with van der Waals surface area (Å²) in [5, 5.41) is 19.9. The van der Waals surface area contributed by atoms with Crippen LogP contribution >= 0.6 is 0 Å². The van der Waals surface area contributed by atoms with E-state index < -0.39 is 5.82 Å². The Balaban J connectivity index is 2.06. The normalized spacial score (nSPS) is 11.6. The Morgan fingerprint density at radius 1 is 0.960 bits per heavy atom. The number of aromatic hydroxyl groups is 1. The van der Waals surface area contributed by atoms with Crippen LogP contribution in [0, 0.1) is 5.82 Å². The van der Waals surface area contributed by atoms with Crippen molar-refractivity contribution in [2.24, 2.45) is 0 Å². The first kappa shape index (κ1) is 13.9. The van der Waals surface area contributed by atoms with Gasteiger partial charge in [0, 0.05) is 39.4 Å². The standard InChI is InChI=1S/C19H11FN4O/c20-15-7-10(25)5-6-12(15)18-14-8-21-19-17(14)13(9-22-24-19)11-3-1-2-4-16(11)23-18/h1-9,25H,(H,21,24). The molecule has 0 aliphatic rings. The third-order valence-electron chi connectivity index (χ3n) is 4.35. The molecule has 0 atom stereocenters. The van der Waals surface area contributed by atoms with Gasteiger partial charge in [-0.25, -0.2) is 14.4 Å². The lowest BCUT2D eigenvalue weighted by atomic mass is 10.1. The van der Waals surface area contributed by atoms with Gasteiger partial charge in [-0.05, 0) is 18.2 Å². The lowest BCUT2D eigenvalue weighted by Gasteiger charge is -2.03. The van der Waals surface area contributed by atoms with Crippen LogP contribution in [0.25, 0.3) is 44.0 Å². The summed E-state index contributed by atoms with van der Waals surface area (Å²) in [6.07, 6.45) is 3.40. The smallest absolute Gasteiger partial charge is 0.154 e. The number of nitrogens with zero attached hydrogens (tertiary/aromatic N) is 3. The lowest BCUT2D eigenvalue weighted by Crippen LogP contribution is -1.87. The first-order chi connectivity index (χ1) is 12.2. The van der Waals surface area contributed by atoms with E-state index in [-0.39, 0.29) is 5.75 Å².